The van der Waals surface area contributed by atoms with Gasteiger partial charge in [0.1, 0.15) is 8.07 Å². The Balaban J connectivity index is 2.77. The first-order chi connectivity index (χ1) is 8.42. The molecule has 1 rings (SSSR count). The Kier molecular flexibility index (Phi) is 4.93. The Morgan fingerprint density at radius 2 is 1.68 bits per heavy atom. The fourth-order valence-corrected chi connectivity index (χ4v) is 3.70. The molecular formula is C16H30OSi2. The lowest BCUT2D eigenvalue weighted by atomic mass is 10.1. The molecule has 0 heterocycles. The van der Waals surface area contributed by atoms with Gasteiger partial charge < -0.3 is 4.43 Å². The fourth-order valence-electron chi connectivity index (χ4n) is 1.75. The van der Waals surface area contributed by atoms with Crippen molar-refractivity contribution < 1.29 is 4.43 Å². The van der Waals surface area contributed by atoms with Crippen LogP contribution in [-0.2, 0) is 4.43 Å². The van der Waals surface area contributed by atoms with Crippen LogP contribution in [0.4, 0.5) is 0 Å². The van der Waals surface area contributed by atoms with Gasteiger partial charge in [-0.25, -0.2) is 0 Å². The van der Waals surface area contributed by atoms with Crippen LogP contribution in [0.15, 0.2) is 12.2 Å². The third kappa shape index (κ3) is 4.94. The number of hydrogen-bond donors (Lipinski definition) is 0. The SMILES string of the molecule is CC(C)(C)[Si](C)(C)O[C@@H]1CC=C[C@H]1C#C[Si](C)(C)C. The van der Waals surface area contributed by atoms with E-state index in [1.54, 1.807) is 0 Å². The molecule has 0 spiro atoms. The Hall–Kier alpha value is -0.306. The summed E-state index contributed by atoms with van der Waals surface area (Å²) in [6.45, 7) is 18.4. The fraction of sp³-hybridized carbons (Fsp3) is 0.750. The van der Waals surface area contributed by atoms with Crippen molar-refractivity contribution >= 4 is 16.4 Å². The largest absolute Gasteiger partial charge is 0.412 e. The molecule has 1 aliphatic carbocycles. The van der Waals surface area contributed by atoms with E-state index in [9.17, 15) is 0 Å². The Morgan fingerprint density at radius 1 is 1.11 bits per heavy atom. The summed E-state index contributed by atoms with van der Waals surface area (Å²) in [4.78, 5) is 0. The van der Waals surface area contributed by atoms with Gasteiger partial charge in [-0.1, -0.05) is 52.6 Å². The second kappa shape index (κ2) is 5.59. The van der Waals surface area contributed by atoms with Crippen LogP contribution in [0.25, 0.3) is 0 Å². The van der Waals surface area contributed by atoms with Gasteiger partial charge in [0.15, 0.2) is 8.32 Å². The summed E-state index contributed by atoms with van der Waals surface area (Å²) in [6, 6.07) is 0. The zero-order valence-corrected chi connectivity index (χ0v) is 15.9. The molecular weight excluding hydrogens is 264 g/mol. The highest BCUT2D eigenvalue weighted by Gasteiger charge is 2.40. The van der Waals surface area contributed by atoms with Crippen LogP contribution in [0.1, 0.15) is 27.2 Å². The zero-order chi connectivity index (χ0) is 14.9. The number of hydrogen-bond acceptors (Lipinski definition) is 1. The van der Waals surface area contributed by atoms with Crippen LogP contribution in [0, 0.1) is 17.4 Å². The van der Waals surface area contributed by atoms with Crippen LogP contribution in [-0.4, -0.2) is 22.5 Å². The first kappa shape index (κ1) is 16.7. The Labute approximate surface area is 122 Å². The van der Waals surface area contributed by atoms with E-state index in [0.29, 0.717) is 5.92 Å². The highest BCUT2D eigenvalue weighted by molar-refractivity contribution is 6.83. The second-order valence-corrected chi connectivity index (χ2v) is 17.6. The monoisotopic (exact) mass is 294 g/mol. The lowest BCUT2D eigenvalue weighted by Gasteiger charge is -2.39. The van der Waals surface area contributed by atoms with E-state index >= 15 is 0 Å². The van der Waals surface area contributed by atoms with E-state index in [1.807, 2.05) is 0 Å². The summed E-state index contributed by atoms with van der Waals surface area (Å²) in [6.07, 6.45) is 5.79. The topological polar surface area (TPSA) is 9.23 Å². The summed E-state index contributed by atoms with van der Waals surface area (Å²) in [5.41, 5.74) is 3.49. The molecule has 19 heavy (non-hydrogen) atoms. The van der Waals surface area contributed by atoms with E-state index in [-0.39, 0.29) is 11.1 Å². The second-order valence-electron chi connectivity index (χ2n) is 8.13. The molecule has 0 amide bonds. The van der Waals surface area contributed by atoms with Crippen LogP contribution in [0.5, 0.6) is 0 Å². The van der Waals surface area contributed by atoms with Crippen molar-refractivity contribution in [1.82, 2.24) is 0 Å². The zero-order valence-electron chi connectivity index (χ0n) is 13.9. The normalized spacial score (nSPS) is 24.2. The minimum Gasteiger partial charge on any atom is -0.412 e. The quantitative estimate of drug-likeness (QED) is 0.402. The van der Waals surface area contributed by atoms with Gasteiger partial charge >= 0.3 is 0 Å². The molecule has 0 unspecified atom stereocenters. The first-order valence-corrected chi connectivity index (χ1v) is 13.7. The van der Waals surface area contributed by atoms with Crippen molar-refractivity contribution in [2.45, 2.75) is 71.1 Å². The molecule has 0 aliphatic heterocycles. The highest BCUT2D eigenvalue weighted by atomic mass is 28.4. The maximum absolute atomic E-state index is 6.53. The molecule has 3 heteroatoms. The Morgan fingerprint density at radius 3 is 2.16 bits per heavy atom. The summed E-state index contributed by atoms with van der Waals surface area (Å²) < 4.78 is 6.53. The predicted octanol–water partition coefficient (Wildman–Crippen LogP) is 4.83. The van der Waals surface area contributed by atoms with Crippen LogP contribution in [0.3, 0.4) is 0 Å². The standard InChI is InChI=1S/C16H30OSi2/c1-16(2,3)19(7,8)17-15-11-9-10-14(15)12-13-18(4,5)6/h9-10,14-15H,11H2,1-8H3/t14-,15+/m0/s1. The maximum atomic E-state index is 6.53. The van der Waals surface area contributed by atoms with Crippen molar-refractivity contribution in [3.8, 4) is 11.5 Å². The van der Waals surface area contributed by atoms with E-state index in [0.717, 1.165) is 6.42 Å². The van der Waals surface area contributed by atoms with Gasteiger partial charge in [-0.2, -0.15) is 0 Å². The molecule has 0 fully saturated rings. The van der Waals surface area contributed by atoms with Gasteiger partial charge in [0.2, 0.25) is 0 Å². The average Bonchev–Trinajstić information content (AvgIpc) is 2.58. The minimum atomic E-state index is -1.68. The van der Waals surface area contributed by atoms with Gasteiger partial charge in [-0.15, -0.1) is 11.5 Å². The summed E-state index contributed by atoms with van der Waals surface area (Å²) in [5.74, 6) is 3.77. The van der Waals surface area contributed by atoms with Crippen molar-refractivity contribution in [3.05, 3.63) is 12.2 Å². The van der Waals surface area contributed by atoms with Gasteiger partial charge in [0.25, 0.3) is 0 Å². The molecule has 2 atom stereocenters. The molecule has 0 radical (unpaired) electrons. The number of rotatable bonds is 2. The van der Waals surface area contributed by atoms with Crippen LogP contribution < -0.4 is 0 Å². The molecule has 1 nitrogen and oxygen atoms in total. The molecule has 0 N–H and O–H groups in total. The molecule has 108 valence electrons. The molecule has 0 aromatic rings. The minimum absolute atomic E-state index is 0.270. The Bertz CT molecular complexity index is 399. The van der Waals surface area contributed by atoms with Crippen LogP contribution >= 0.6 is 0 Å². The van der Waals surface area contributed by atoms with Gasteiger partial charge in [-0.05, 0) is 24.6 Å². The molecule has 0 aromatic carbocycles. The van der Waals surface area contributed by atoms with Gasteiger partial charge in [0.05, 0.1) is 12.0 Å². The summed E-state index contributed by atoms with van der Waals surface area (Å²) in [5, 5.41) is 0.270. The van der Waals surface area contributed by atoms with Crippen molar-refractivity contribution in [3.63, 3.8) is 0 Å². The third-order valence-electron chi connectivity index (χ3n) is 3.98. The van der Waals surface area contributed by atoms with Gasteiger partial charge in [0, 0.05) is 0 Å². The molecule has 0 aromatic heterocycles. The van der Waals surface area contributed by atoms with Crippen molar-refractivity contribution in [1.29, 1.82) is 0 Å². The summed E-state index contributed by atoms with van der Waals surface area (Å²) in [7, 11) is -2.97. The summed E-state index contributed by atoms with van der Waals surface area (Å²) >= 11 is 0. The van der Waals surface area contributed by atoms with Crippen LogP contribution in [0.2, 0.25) is 37.8 Å². The smallest absolute Gasteiger partial charge is 0.192 e. The van der Waals surface area contributed by atoms with Crippen molar-refractivity contribution in [2.75, 3.05) is 0 Å². The van der Waals surface area contributed by atoms with E-state index in [1.165, 1.54) is 0 Å². The molecule has 0 saturated heterocycles. The maximum Gasteiger partial charge on any atom is 0.192 e. The van der Waals surface area contributed by atoms with E-state index < -0.39 is 16.4 Å². The first-order valence-electron chi connectivity index (χ1n) is 7.29. The molecule has 0 saturated carbocycles. The van der Waals surface area contributed by atoms with Gasteiger partial charge in [-0.3, -0.25) is 0 Å². The lowest BCUT2D eigenvalue weighted by Crippen LogP contribution is -2.44. The average molecular weight is 295 g/mol. The van der Waals surface area contributed by atoms with Crippen molar-refractivity contribution in [2.24, 2.45) is 5.92 Å². The van der Waals surface area contributed by atoms with E-state index in [4.69, 9.17) is 4.43 Å². The van der Waals surface area contributed by atoms with E-state index in [2.05, 4.69) is 77.1 Å². The molecule has 1 aliphatic rings. The highest BCUT2D eigenvalue weighted by Crippen LogP contribution is 2.39. The molecule has 0 bridgehead atoms. The third-order valence-corrected chi connectivity index (χ3v) is 9.38. The lowest BCUT2D eigenvalue weighted by molar-refractivity contribution is 0.171. The predicted molar refractivity (Wildman–Crippen MR) is 90.4 cm³/mol.